The van der Waals surface area contributed by atoms with Crippen molar-refractivity contribution in [3.8, 4) is 0 Å². The number of rotatable bonds is 6. The van der Waals surface area contributed by atoms with Crippen LogP contribution in [-0.2, 0) is 14.6 Å². The van der Waals surface area contributed by atoms with Gasteiger partial charge in [-0.05, 0) is 23.8 Å². The highest BCUT2D eigenvalue weighted by atomic mass is 35.5. The van der Waals surface area contributed by atoms with Gasteiger partial charge in [0.1, 0.15) is 0 Å². The van der Waals surface area contributed by atoms with Gasteiger partial charge in [-0.25, -0.2) is 8.42 Å². The summed E-state index contributed by atoms with van der Waals surface area (Å²) in [6.45, 7) is 0. The summed E-state index contributed by atoms with van der Waals surface area (Å²) in [5.74, 6) is -1.81. The number of amides is 1. The second-order valence-electron chi connectivity index (χ2n) is 5.41. The first-order chi connectivity index (χ1) is 11.7. The number of carbonyl (C=O) groups excluding carboxylic acids is 1. The number of carboxylic acids is 1. The molecule has 0 aromatic heterocycles. The number of nitrogens with one attached hydrogen (secondary N) is 1. The van der Waals surface area contributed by atoms with Crippen LogP contribution < -0.4 is 5.32 Å². The summed E-state index contributed by atoms with van der Waals surface area (Å²) in [6.07, 6.45) is 0.610. The van der Waals surface area contributed by atoms with Gasteiger partial charge >= 0.3 is 5.97 Å². The summed E-state index contributed by atoms with van der Waals surface area (Å²) >= 11 is 6.10. The van der Waals surface area contributed by atoms with E-state index in [9.17, 15) is 18.0 Å². The fourth-order valence-corrected chi connectivity index (χ4v) is 3.54. The highest BCUT2D eigenvalue weighted by Gasteiger charge is 2.24. The van der Waals surface area contributed by atoms with E-state index in [4.69, 9.17) is 16.7 Å². The average molecular weight is 382 g/mol. The van der Waals surface area contributed by atoms with Crippen LogP contribution in [0.25, 0.3) is 0 Å². The van der Waals surface area contributed by atoms with Crippen LogP contribution in [0.5, 0.6) is 0 Å². The highest BCUT2D eigenvalue weighted by molar-refractivity contribution is 7.90. The molecule has 0 aliphatic rings. The minimum absolute atomic E-state index is 0.0487. The van der Waals surface area contributed by atoms with Gasteiger partial charge in [-0.15, -0.1) is 0 Å². The van der Waals surface area contributed by atoms with Crippen molar-refractivity contribution >= 4 is 33.3 Å². The minimum Gasteiger partial charge on any atom is -0.481 e. The number of hydrogen-bond donors (Lipinski definition) is 2. The van der Waals surface area contributed by atoms with Crippen LogP contribution in [0.3, 0.4) is 0 Å². The average Bonchev–Trinajstić information content (AvgIpc) is 2.53. The molecule has 6 nitrogen and oxygen atoms in total. The molecule has 0 radical (unpaired) electrons. The molecule has 2 N–H and O–H groups in total. The molecule has 1 amide bonds. The Morgan fingerprint density at radius 2 is 1.72 bits per heavy atom. The molecule has 2 rings (SSSR count). The third-order valence-electron chi connectivity index (χ3n) is 3.50. The zero-order valence-electron chi connectivity index (χ0n) is 13.3. The van der Waals surface area contributed by atoms with E-state index in [0.717, 1.165) is 6.26 Å². The van der Waals surface area contributed by atoms with Gasteiger partial charge in [0.15, 0.2) is 9.84 Å². The van der Waals surface area contributed by atoms with E-state index in [2.05, 4.69) is 5.32 Å². The number of sulfone groups is 1. The topological polar surface area (TPSA) is 101 Å². The first kappa shape index (κ1) is 19.0. The number of hydrogen-bond acceptors (Lipinski definition) is 4. The lowest BCUT2D eigenvalue weighted by molar-refractivity contribution is -0.137. The van der Waals surface area contributed by atoms with Gasteiger partial charge in [-0.3, -0.25) is 9.59 Å². The lowest BCUT2D eigenvalue weighted by atomic mass is 10.0. The zero-order valence-corrected chi connectivity index (χ0v) is 14.8. The maximum Gasteiger partial charge on any atom is 0.305 e. The second kappa shape index (κ2) is 7.67. The maximum atomic E-state index is 12.6. The summed E-state index contributed by atoms with van der Waals surface area (Å²) in [7, 11) is -3.61. The van der Waals surface area contributed by atoms with Gasteiger partial charge < -0.3 is 10.4 Å². The van der Waals surface area contributed by atoms with Crippen molar-refractivity contribution < 1.29 is 23.1 Å². The van der Waals surface area contributed by atoms with Gasteiger partial charge in [-0.1, -0.05) is 41.9 Å². The molecule has 0 saturated carbocycles. The minimum atomic E-state index is -3.61. The van der Waals surface area contributed by atoms with E-state index in [0.29, 0.717) is 10.6 Å². The monoisotopic (exact) mass is 381 g/mol. The number of carboxylic acid groups (broad SMARTS) is 1. The first-order valence-electron chi connectivity index (χ1n) is 7.26. The van der Waals surface area contributed by atoms with Crippen LogP contribution in [0.1, 0.15) is 28.4 Å². The van der Waals surface area contributed by atoms with Crippen LogP contribution in [0.15, 0.2) is 53.4 Å². The van der Waals surface area contributed by atoms with Gasteiger partial charge in [0.05, 0.1) is 22.9 Å². The summed E-state index contributed by atoms with van der Waals surface area (Å²) < 4.78 is 23.7. The largest absolute Gasteiger partial charge is 0.481 e. The standard InChI is InChI=1S/C17H16ClNO5S/c1-25(23,24)15-9-5-3-7-12(15)17(22)19-14(10-16(20)21)11-6-2-4-8-13(11)18/h2-9,14H,10H2,1H3,(H,19,22)(H,20,21)/t14-/m0/s1. The van der Waals surface area contributed by atoms with Gasteiger partial charge in [0.25, 0.3) is 5.91 Å². The predicted molar refractivity (Wildman–Crippen MR) is 93.5 cm³/mol. The summed E-state index contributed by atoms with van der Waals surface area (Å²) in [5.41, 5.74) is 0.393. The Bertz CT molecular complexity index is 911. The Kier molecular flexibility index (Phi) is 5.81. The zero-order chi connectivity index (χ0) is 18.6. The predicted octanol–water partition coefficient (Wildman–Crippen LogP) is 2.69. The maximum absolute atomic E-state index is 12.6. The first-order valence-corrected chi connectivity index (χ1v) is 9.53. The van der Waals surface area contributed by atoms with Crippen LogP contribution >= 0.6 is 11.6 Å². The van der Waals surface area contributed by atoms with Crippen molar-refractivity contribution in [2.45, 2.75) is 17.4 Å². The molecule has 0 unspecified atom stereocenters. The third kappa shape index (κ3) is 4.80. The fourth-order valence-electron chi connectivity index (χ4n) is 2.38. The number of carbonyl (C=O) groups is 2. The van der Waals surface area contributed by atoms with Crippen molar-refractivity contribution in [3.05, 3.63) is 64.7 Å². The molecular weight excluding hydrogens is 366 g/mol. The fraction of sp³-hybridized carbons (Fsp3) is 0.176. The summed E-state index contributed by atoms with van der Waals surface area (Å²) in [4.78, 5) is 23.6. The summed E-state index contributed by atoms with van der Waals surface area (Å²) in [5, 5.41) is 12.0. The van der Waals surface area contributed by atoms with Crippen molar-refractivity contribution in [1.82, 2.24) is 5.32 Å². The number of halogens is 1. The molecule has 0 aliphatic heterocycles. The molecule has 25 heavy (non-hydrogen) atoms. The van der Waals surface area contributed by atoms with Gasteiger partial charge in [0.2, 0.25) is 0 Å². The molecular formula is C17H16ClNO5S. The van der Waals surface area contributed by atoms with Crippen molar-refractivity contribution in [2.75, 3.05) is 6.26 Å². The molecule has 0 heterocycles. The van der Waals surface area contributed by atoms with E-state index >= 15 is 0 Å². The Morgan fingerprint density at radius 1 is 1.12 bits per heavy atom. The molecule has 0 bridgehead atoms. The van der Waals surface area contributed by atoms with Crippen LogP contribution in [0.4, 0.5) is 0 Å². The Labute approximate surface area is 150 Å². The molecule has 132 valence electrons. The van der Waals surface area contributed by atoms with E-state index < -0.39 is 34.2 Å². The number of aliphatic carboxylic acids is 1. The molecule has 0 fully saturated rings. The molecule has 2 aromatic rings. The Morgan fingerprint density at radius 3 is 2.32 bits per heavy atom. The van der Waals surface area contributed by atoms with Crippen molar-refractivity contribution in [3.63, 3.8) is 0 Å². The van der Waals surface area contributed by atoms with Crippen LogP contribution in [0.2, 0.25) is 5.02 Å². The van der Waals surface area contributed by atoms with E-state index in [1.54, 1.807) is 24.3 Å². The number of benzene rings is 2. The lowest BCUT2D eigenvalue weighted by Crippen LogP contribution is -2.31. The van der Waals surface area contributed by atoms with E-state index in [1.165, 1.54) is 24.3 Å². The molecule has 2 aromatic carbocycles. The Hall–Kier alpha value is -2.38. The van der Waals surface area contributed by atoms with Gasteiger partial charge in [-0.2, -0.15) is 0 Å². The highest BCUT2D eigenvalue weighted by Crippen LogP contribution is 2.26. The Balaban J connectivity index is 2.39. The molecule has 1 atom stereocenters. The van der Waals surface area contributed by atoms with Crippen molar-refractivity contribution in [1.29, 1.82) is 0 Å². The van der Waals surface area contributed by atoms with E-state index in [1.807, 2.05) is 0 Å². The third-order valence-corrected chi connectivity index (χ3v) is 5.00. The second-order valence-corrected chi connectivity index (χ2v) is 7.81. The molecule has 8 heteroatoms. The molecule has 0 aliphatic carbocycles. The molecule has 0 spiro atoms. The quantitative estimate of drug-likeness (QED) is 0.801. The summed E-state index contributed by atoms with van der Waals surface area (Å²) in [6, 6.07) is 11.4. The SMILES string of the molecule is CS(=O)(=O)c1ccccc1C(=O)N[C@@H](CC(=O)O)c1ccccc1Cl. The van der Waals surface area contributed by atoms with Gasteiger partial charge in [0, 0.05) is 11.3 Å². The van der Waals surface area contributed by atoms with E-state index in [-0.39, 0.29) is 10.5 Å². The normalized spacial score (nSPS) is 12.4. The lowest BCUT2D eigenvalue weighted by Gasteiger charge is -2.19. The van der Waals surface area contributed by atoms with Crippen LogP contribution in [-0.4, -0.2) is 31.7 Å². The smallest absolute Gasteiger partial charge is 0.305 e. The molecule has 0 saturated heterocycles. The van der Waals surface area contributed by atoms with Crippen LogP contribution in [0, 0.1) is 0 Å². The van der Waals surface area contributed by atoms with Crippen molar-refractivity contribution in [2.24, 2.45) is 0 Å².